The molecule has 0 saturated heterocycles. The molecule has 1 heterocycles. The van der Waals surface area contributed by atoms with Crippen LogP contribution < -0.4 is 4.74 Å². The van der Waals surface area contributed by atoms with Gasteiger partial charge in [-0.05, 0) is 44.0 Å². The predicted molar refractivity (Wildman–Crippen MR) is 86.5 cm³/mol. The van der Waals surface area contributed by atoms with Crippen LogP contribution in [0.1, 0.15) is 49.7 Å². The van der Waals surface area contributed by atoms with E-state index in [1.54, 1.807) is 12.1 Å². The first-order chi connectivity index (χ1) is 10.4. The smallest absolute Gasteiger partial charge is 0.337 e. The van der Waals surface area contributed by atoms with Crippen LogP contribution in [0, 0.1) is 0 Å². The fourth-order valence-corrected chi connectivity index (χ4v) is 2.28. The first-order valence-corrected chi connectivity index (χ1v) is 7.40. The number of para-hydroxylation sites is 1. The van der Waals surface area contributed by atoms with Gasteiger partial charge < -0.3 is 9.84 Å². The minimum atomic E-state index is -0.950. The Morgan fingerprint density at radius 1 is 1.09 bits per heavy atom. The Morgan fingerprint density at radius 3 is 2.36 bits per heavy atom. The fraction of sp³-hybridized carbons (Fsp3) is 0.333. The summed E-state index contributed by atoms with van der Waals surface area (Å²) in [6, 6.07) is 11.0. The molecule has 0 spiro atoms. The van der Waals surface area contributed by atoms with E-state index < -0.39 is 5.97 Å². The van der Waals surface area contributed by atoms with Gasteiger partial charge in [-0.15, -0.1) is 0 Å². The predicted octanol–water partition coefficient (Wildman–Crippen LogP) is 4.36. The lowest BCUT2D eigenvalue weighted by molar-refractivity contribution is 0.0694. The van der Waals surface area contributed by atoms with E-state index in [0.29, 0.717) is 5.69 Å². The van der Waals surface area contributed by atoms with Crippen molar-refractivity contribution in [2.24, 2.45) is 0 Å². The van der Waals surface area contributed by atoms with E-state index in [-0.39, 0.29) is 17.6 Å². The van der Waals surface area contributed by atoms with Crippen molar-refractivity contribution in [3.63, 3.8) is 0 Å². The number of pyridine rings is 1. The second-order valence-electron chi connectivity index (χ2n) is 5.75. The Hall–Kier alpha value is -2.36. The minimum Gasteiger partial charge on any atom is -0.490 e. The molecule has 0 aliphatic heterocycles. The van der Waals surface area contributed by atoms with Crippen LogP contribution in [0.4, 0.5) is 0 Å². The second kappa shape index (κ2) is 6.60. The Morgan fingerprint density at radius 2 is 1.77 bits per heavy atom. The highest BCUT2D eigenvalue weighted by Gasteiger charge is 2.17. The molecule has 2 rings (SSSR count). The summed E-state index contributed by atoms with van der Waals surface area (Å²) in [5.74, 6) is -0.165. The average Bonchev–Trinajstić information content (AvgIpc) is 2.46. The normalized spacial score (nSPS) is 11.0. The number of aromatic carboxylic acids is 1. The van der Waals surface area contributed by atoms with Crippen LogP contribution in [0.5, 0.6) is 5.75 Å². The summed E-state index contributed by atoms with van der Waals surface area (Å²) in [5, 5.41) is 9.28. The van der Waals surface area contributed by atoms with Gasteiger partial charge in [-0.25, -0.2) is 4.79 Å². The third-order valence-corrected chi connectivity index (χ3v) is 3.23. The first-order valence-electron chi connectivity index (χ1n) is 7.40. The molecule has 0 aliphatic rings. The van der Waals surface area contributed by atoms with E-state index >= 15 is 0 Å². The molecule has 0 bridgehead atoms. The number of rotatable bonds is 5. The third kappa shape index (κ3) is 3.45. The molecule has 0 aliphatic carbocycles. The maximum absolute atomic E-state index is 11.3. The number of hydrogen-bond donors (Lipinski definition) is 1. The molecule has 4 heteroatoms. The van der Waals surface area contributed by atoms with Crippen LogP contribution in [0.3, 0.4) is 0 Å². The van der Waals surface area contributed by atoms with Crippen LogP contribution >= 0.6 is 0 Å². The zero-order chi connectivity index (χ0) is 16.3. The van der Waals surface area contributed by atoms with Crippen molar-refractivity contribution in [1.29, 1.82) is 0 Å². The lowest BCUT2D eigenvalue weighted by atomic mass is 10.0. The van der Waals surface area contributed by atoms with Crippen molar-refractivity contribution in [2.75, 3.05) is 0 Å². The van der Waals surface area contributed by atoms with Gasteiger partial charge in [-0.3, -0.25) is 4.98 Å². The number of carboxylic acid groups (broad SMARTS) is 1. The number of benzene rings is 1. The van der Waals surface area contributed by atoms with E-state index in [0.717, 1.165) is 17.0 Å². The summed E-state index contributed by atoms with van der Waals surface area (Å²) in [6.45, 7) is 7.82. The number of hydrogen-bond acceptors (Lipinski definition) is 3. The minimum absolute atomic E-state index is 0.0317. The summed E-state index contributed by atoms with van der Waals surface area (Å²) < 4.78 is 5.82. The van der Waals surface area contributed by atoms with Crippen molar-refractivity contribution < 1.29 is 14.6 Å². The van der Waals surface area contributed by atoms with E-state index in [2.05, 4.69) is 4.98 Å². The molecular formula is C18H21NO3. The summed E-state index contributed by atoms with van der Waals surface area (Å²) in [4.78, 5) is 15.9. The van der Waals surface area contributed by atoms with Gasteiger partial charge in [0, 0.05) is 5.56 Å². The molecule has 2 aromatic rings. The van der Waals surface area contributed by atoms with Gasteiger partial charge in [0.15, 0.2) is 0 Å². The topological polar surface area (TPSA) is 59.4 Å². The highest BCUT2D eigenvalue weighted by atomic mass is 16.5. The lowest BCUT2D eigenvalue weighted by Crippen LogP contribution is -2.09. The molecule has 0 saturated carbocycles. The summed E-state index contributed by atoms with van der Waals surface area (Å²) in [5.41, 5.74) is 2.44. The van der Waals surface area contributed by atoms with Crippen molar-refractivity contribution in [1.82, 2.24) is 4.98 Å². The molecule has 0 fully saturated rings. The fourth-order valence-electron chi connectivity index (χ4n) is 2.28. The molecule has 22 heavy (non-hydrogen) atoms. The number of aromatic nitrogens is 1. The number of carbonyl (C=O) groups is 1. The molecule has 4 nitrogen and oxygen atoms in total. The lowest BCUT2D eigenvalue weighted by Gasteiger charge is -2.15. The molecule has 116 valence electrons. The molecule has 1 N–H and O–H groups in total. The average molecular weight is 299 g/mol. The van der Waals surface area contributed by atoms with Crippen molar-refractivity contribution >= 4 is 5.97 Å². The largest absolute Gasteiger partial charge is 0.490 e. The standard InChI is InChI=1S/C18H21NO3/c1-11(2)17-14(18(20)21)9-10-15(19-17)13-7-5-6-8-16(13)22-12(3)4/h5-12H,1-4H3,(H,20,21). The van der Waals surface area contributed by atoms with E-state index in [4.69, 9.17) is 4.74 Å². The van der Waals surface area contributed by atoms with E-state index in [1.807, 2.05) is 52.0 Å². The van der Waals surface area contributed by atoms with Crippen LogP contribution in [0.15, 0.2) is 36.4 Å². The van der Waals surface area contributed by atoms with Gasteiger partial charge in [0.2, 0.25) is 0 Å². The molecular weight excluding hydrogens is 278 g/mol. The summed E-state index contributed by atoms with van der Waals surface area (Å²) >= 11 is 0. The second-order valence-corrected chi connectivity index (χ2v) is 5.75. The van der Waals surface area contributed by atoms with Crippen LogP contribution in [-0.2, 0) is 0 Å². The van der Waals surface area contributed by atoms with E-state index in [9.17, 15) is 9.90 Å². The van der Waals surface area contributed by atoms with E-state index in [1.165, 1.54) is 0 Å². The van der Waals surface area contributed by atoms with Gasteiger partial charge >= 0.3 is 5.97 Å². The Kier molecular flexibility index (Phi) is 4.81. The summed E-state index contributed by atoms with van der Waals surface area (Å²) in [6.07, 6.45) is 0.0593. The first kappa shape index (κ1) is 16.0. The quantitative estimate of drug-likeness (QED) is 0.891. The molecule has 0 amide bonds. The van der Waals surface area contributed by atoms with Crippen LogP contribution in [0.25, 0.3) is 11.3 Å². The van der Waals surface area contributed by atoms with Crippen molar-refractivity contribution in [3.8, 4) is 17.0 Å². The molecule has 1 aromatic heterocycles. The zero-order valence-electron chi connectivity index (χ0n) is 13.3. The monoisotopic (exact) mass is 299 g/mol. The zero-order valence-corrected chi connectivity index (χ0v) is 13.3. The highest BCUT2D eigenvalue weighted by Crippen LogP contribution is 2.31. The highest BCUT2D eigenvalue weighted by molar-refractivity contribution is 5.89. The third-order valence-electron chi connectivity index (χ3n) is 3.23. The Labute approximate surface area is 130 Å². The molecule has 0 unspecified atom stereocenters. The summed E-state index contributed by atoms with van der Waals surface area (Å²) in [7, 11) is 0. The van der Waals surface area contributed by atoms with Gasteiger partial charge in [-0.2, -0.15) is 0 Å². The maximum atomic E-state index is 11.3. The Bertz CT molecular complexity index is 678. The molecule has 0 radical (unpaired) electrons. The SMILES string of the molecule is CC(C)Oc1ccccc1-c1ccc(C(=O)O)c(C(C)C)n1. The van der Waals surface area contributed by atoms with Gasteiger partial charge in [0.05, 0.1) is 23.1 Å². The van der Waals surface area contributed by atoms with Crippen molar-refractivity contribution in [3.05, 3.63) is 47.7 Å². The Balaban J connectivity index is 2.54. The number of ether oxygens (including phenoxy) is 1. The number of nitrogens with zero attached hydrogens (tertiary/aromatic N) is 1. The van der Waals surface area contributed by atoms with Gasteiger partial charge in [0.25, 0.3) is 0 Å². The number of carboxylic acids is 1. The van der Waals surface area contributed by atoms with Gasteiger partial charge in [0.1, 0.15) is 5.75 Å². The molecule has 1 aromatic carbocycles. The van der Waals surface area contributed by atoms with Crippen LogP contribution in [-0.4, -0.2) is 22.2 Å². The molecule has 0 atom stereocenters. The van der Waals surface area contributed by atoms with Gasteiger partial charge in [-0.1, -0.05) is 26.0 Å². The van der Waals surface area contributed by atoms with Crippen molar-refractivity contribution in [2.45, 2.75) is 39.7 Å². The van der Waals surface area contributed by atoms with Crippen LogP contribution in [0.2, 0.25) is 0 Å². The maximum Gasteiger partial charge on any atom is 0.337 e.